The van der Waals surface area contributed by atoms with Crippen LogP contribution < -0.4 is 5.32 Å². The van der Waals surface area contributed by atoms with Crippen molar-refractivity contribution in [2.24, 2.45) is 0 Å². The van der Waals surface area contributed by atoms with E-state index in [0.717, 1.165) is 4.88 Å². The maximum absolute atomic E-state index is 12.4. The van der Waals surface area contributed by atoms with Gasteiger partial charge in [0.15, 0.2) is 11.5 Å². The Balaban J connectivity index is 1.39. The van der Waals surface area contributed by atoms with E-state index in [4.69, 9.17) is 8.94 Å². The zero-order valence-corrected chi connectivity index (χ0v) is 14.9. The summed E-state index contributed by atoms with van der Waals surface area (Å²) in [6.07, 6.45) is 1.52. The third-order valence-corrected chi connectivity index (χ3v) is 4.94. The average Bonchev–Trinajstić information content (AvgIpc) is 3.47. The van der Waals surface area contributed by atoms with Crippen LogP contribution in [0, 0.1) is 0 Å². The number of nitrogens with zero attached hydrogens (tertiary/aromatic N) is 1. The fourth-order valence-corrected chi connectivity index (χ4v) is 3.41. The second-order valence-corrected chi connectivity index (χ2v) is 6.87. The van der Waals surface area contributed by atoms with E-state index in [-0.39, 0.29) is 17.4 Å². The molecule has 0 saturated carbocycles. The zero-order chi connectivity index (χ0) is 18.6. The van der Waals surface area contributed by atoms with E-state index in [1.807, 2.05) is 24.3 Å². The SMILES string of the molecule is O=C(NCc1ccc(C(=O)c2ccccc2)s1)c1cc(-c2ccco2)on1. The topological polar surface area (TPSA) is 85.3 Å². The summed E-state index contributed by atoms with van der Waals surface area (Å²) in [6, 6.07) is 17.7. The van der Waals surface area contributed by atoms with Gasteiger partial charge in [-0.15, -0.1) is 11.3 Å². The maximum Gasteiger partial charge on any atom is 0.273 e. The molecule has 0 aliphatic carbocycles. The van der Waals surface area contributed by atoms with Crippen molar-refractivity contribution in [2.75, 3.05) is 0 Å². The normalized spacial score (nSPS) is 10.7. The molecule has 0 spiro atoms. The third kappa shape index (κ3) is 3.73. The molecule has 1 aromatic carbocycles. The van der Waals surface area contributed by atoms with Gasteiger partial charge in [0.1, 0.15) is 0 Å². The molecule has 0 aliphatic rings. The Morgan fingerprint density at radius 1 is 1.00 bits per heavy atom. The van der Waals surface area contributed by atoms with Crippen LogP contribution in [0.25, 0.3) is 11.5 Å². The number of hydrogen-bond acceptors (Lipinski definition) is 6. The Morgan fingerprint density at radius 3 is 2.63 bits per heavy atom. The van der Waals surface area contributed by atoms with E-state index in [1.165, 1.54) is 23.7 Å². The molecule has 0 bridgehead atoms. The number of furan rings is 1. The lowest BCUT2D eigenvalue weighted by molar-refractivity contribution is 0.0941. The van der Waals surface area contributed by atoms with Crippen molar-refractivity contribution in [3.8, 4) is 11.5 Å². The molecule has 134 valence electrons. The monoisotopic (exact) mass is 378 g/mol. The minimum absolute atomic E-state index is 0.0298. The highest BCUT2D eigenvalue weighted by molar-refractivity contribution is 7.14. The Hall–Kier alpha value is -3.45. The number of hydrogen-bond donors (Lipinski definition) is 1. The van der Waals surface area contributed by atoms with Crippen LogP contribution in [0.2, 0.25) is 0 Å². The van der Waals surface area contributed by atoms with Gasteiger partial charge in [-0.05, 0) is 24.3 Å². The molecule has 6 nitrogen and oxygen atoms in total. The number of carbonyl (C=O) groups is 2. The van der Waals surface area contributed by atoms with Gasteiger partial charge < -0.3 is 14.3 Å². The van der Waals surface area contributed by atoms with E-state index >= 15 is 0 Å². The second-order valence-electron chi connectivity index (χ2n) is 5.70. The minimum atomic E-state index is -0.360. The first-order valence-corrected chi connectivity index (χ1v) is 8.99. The van der Waals surface area contributed by atoms with Gasteiger partial charge in [0.25, 0.3) is 5.91 Å². The predicted octanol–water partition coefficient (Wildman–Crippen LogP) is 4.16. The molecule has 3 aromatic heterocycles. The standard InChI is InChI=1S/C20H14N2O4S/c23-19(13-5-2-1-3-6-13)18-9-8-14(27-18)12-21-20(24)15-11-17(26-22-15)16-7-4-10-25-16/h1-11H,12H2,(H,21,24). The van der Waals surface area contributed by atoms with Crippen molar-refractivity contribution in [1.82, 2.24) is 10.5 Å². The molecule has 27 heavy (non-hydrogen) atoms. The summed E-state index contributed by atoms with van der Waals surface area (Å²) in [6.45, 7) is 0.300. The number of aromatic nitrogens is 1. The zero-order valence-electron chi connectivity index (χ0n) is 14.0. The fraction of sp³-hybridized carbons (Fsp3) is 0.0500. The molecule has 1 N–H and O–H groups in total. The fourth-order valence-electron chi connectivity index (χ4n) is 2.50. The Labute approximate surface area is 158 Å². The summed E-state index contributed by atoms with van der Waals surface area (Å²) in [7, 11) is 0. The summed E-state index contributed by atoms with van der Waals surface area (Å²) < 4.78 is 10.3. The van der Waals surface area contributed by atoms with E-state index in [1.54, 1.807) is 30.3 Å². The lowest BCUT2D eigenvalue weighted by Gasteiger charge is -2.00. The largest absolute Gasteiger partial charge is 0.461 e. The predicted molar refractivity (Wildman–Crippen MR) is 99.6 cm³/mol. The Bertz CT molecular complexity index is 1060. The molecule has 0 aliphatic heterocycles. The van der Waals surface area contributed by atoms with Crippen molar-refractivity contribution in [2.45, 2.75) is 6.54 Å². The van der Waals surface area contributed by atoms with E-state index in [9.17, 15) is 9.59 Å². The molecular weight excluding hydrogens is 364 g/mol. The quantitative estimate of drug-likeness (QED) is 0.509. The second kappa shape index (κ2) is 7.43. The van der Waals surface area contributed by atoms with Crippen molar-refractivity contribution in [3.63, 3.8) is 0 Å². The first-order chi connectivity index (χ1) is 13.2. The smallest absolute Gasteiger partial charge is 0.273 e. The van der Waals surface area contributed by atoms with Crippen molar-refractivity contribution >= 4 is 23.0 Å². The molecule has 0 unspecified atom stereocenters. The van der Waals surface area contributed by atoms with Crippen LogP contribution in [0.15, 0.2) is 75.9 Å². The summed E-state index contributed by atoms with van der Waals surface area (Å²) >= 11 is 1.35. The highest BCUT2D eigenvalue weighted by atomic mass is 32.1. The lowest BCUT2D eigenvalue weighted by atomic mass is 10.1. The Kier molecular flexibility index (Phi) is 4.67. The van der Waals surface area contributed by atoms with Gasteiger partial charge in [-0.25, -0.2) is 0 Å². The lowest BCUT2D eigenvalue weighted by Crippen LogP contribution is -2.22. The highest BCUT2D eigenvalue weighted by Crippen LogP contribution is 2.22. The average molecular weight is 378 g/mol. The molecule has 0 atom stereocenters. The van der Waals surface area contributed by atoms with Crippen molar-refractivity contribution in [3.05, 3.63) is 87.9 Å². The van der Waals surface area contributed by atoms with Crippen molar-refractivity contribution < 1.29 is 18.5 Å². The van der Waals surface area contributed by atoms with Crippen LogP contribution in [-0.4, -0.2) is 16.8 Å². The van der Waals surface area contributed by atoms with Crippen LogP contribution >= 0.6 is 11.3 Å². The maximum atomic E-state index is 12.4. The summed E-state index contributed by atoms with van der Waals surface area (Å²) in [5.74, 6) is 0.500. The van der Waals surface area contributed by atoms with Gasteiger partial charge in [0, 0.05) is 16.5 Å². The number of amides is 1. The van der Waals surface area contributed by atoms with E-state index in [2.05, 4.69) is 10.5 Å². The van der Waals surface area contributed by atoms with Gasteiger partial charge >= 0.3 is 0 Å². The number of carbonyl (C=O) groups excluding carboxylic acids is 2. The van der Waals surface area contributed by atoms with Crippen LogP contribution in [0.5, 0.6) is 0 Å². The number of thiophene rings is 1. The number of nitrogens with one attached hydrogen (secondary N) is 1. The first kappa shape index (κ1) is 17.0. The molecule has 4 rings (SSSR count). The molecule has 1 amide bonds. The summed E-state index contributed by atoms with van der Waals surface area (Å²) in [4.78, 5) is 26.2. The van der Waals surface area contributed by atoms with Crippen molar-refractivity contribution in [1.29, 1.82) is 0 Å². The van der Waals surface area contributed by atoms with Gasteiger partial charge in [0.2, 0.25) is 11.5 Å². The molecule has 0 fully saturated rings. The molecule has 0 radical (unpaired) electrons. The highest BCUT2D eigenvalue weighted by Gasteiger charge is 2.16. The van der Waals surface area contributed by atoms with Gasteiger partial charge in [-0.3, -0.25) is 9.59 Å². The summed E-state index contributed by atoms with van der Waals surface area (Å²) in [5, 5.41) is 6.53. The van der Waals surface area contributed by atoms with E-state index < -0.39 is 0 Å². The molecule has 3 heterocycles. The van der Waals surface area contributed by atoms with Crippen LogP contribution in [0.3, 0.4) is 0 Å². The Morgan fingerprint density at radius 2 is 1.85 bits per heavy atom. The molecule has 4 aromatic rings. The number of ketones is 1. The van der Waals surface area contributed by atoms with Gasteiger partial charge in [-0.1, -0.05) is 35.5 Å². The number of benzene rings is 1. The van der Waals surface area contributed by atoms with Gasteiger partial charge in [0.05, 0.1) is 17.7 Å². The van der Waals surface area contributed by atoms with Crippen LogP contribution in [0.1, 0.15) is 30.6 Å². The van der Waals surface area contributed by atoms with Gasteiger partial charge in [-0.2, -0.15) is 0 Å². The molecule has 0 saturated heterocycles. The molecular formula is C20H14N2O4S. The molecule has 7 heteroatoms. The van der Waals surface area contributed by atoms with E-state index in [0.29, 0.717) is 28.5 Å². The number of rotatable bonds is 6. The van der Waals surface area contributed by atoms with Crippen LogP contribution in [0.4, 0.5) is 0 Å². The third-order valence-electron chi connectivity index (χ3n) is 3.85. The van der Waals surface area contributed by atoms with Crippen LogP contribution in [-0.2, 0) is 6.54 Å². The first-order valence-electron chi connectivity index (χ1n) is 8.18. The minimum Gasteiger partial charge on any atom is -0.461 e. The summed E-state index contributed by atoms with van der Waals surface area (Å²) in [5.41, 5.74) is 0.807.